The van der Waals surface area contributed by atoms with E-state index in [-0.39, 0.29) is 17.3 Å². The van der Waals surface area contributed by atoms with Crippen LogP contribution in [0.15, 0.2) is 58.7 Å². The van der Waals surface area contributed by atoms with E-state index >= 15 is 0 Å². The summed E-state index contributed by atoms with van der Waals surface area (Å²) in [4.78, 5) is 23.1. The van der Waals surface area contributed by atoms with Crippen LogP contribution in [0.3, 0.4) is 0 Å². The molecule has 0 radical (unpaired) electrons. The van der Waals surface area contributed by atoms with Gasteiger partial charge in [-0.05, 0) is 30.3 Å². The third-order valence-corrected chi connectivity index (χ3v) is 3.02. The number of carboxylic acid groups (broad SMARTS) is 1. The van der Waals surface area contributed by atoms with Crippen molar-refractivity contribution < 1.29 is 20.2 Å². The van der Waals surface area contributed by atoms with Crippen LogP contribution in [0.1, 0.15) is 26.3 Å². The lowest BCUT2D eigenvalue weighted by Gasteiger charge is -2.06. The van der Waals surface area contributed by atoms with Crippen molar-refractivity contribution in [2.24, 2.45) is 16.1 Å². The first-order valence-corrected chi connectivity index (χ1v) is 6.49. The molecule has 0 heterocycles. The first kappa shape index (κ1) is 15.8. The molecule has 8 heteroatoms. The second-order valence-electron chi connectivity index (χ2n) is 4.50. The number of nitrogens with zero attached hydrogens (tertiary/aromatic N) is 2. The number of carbonyl (C=O) groups is 2. The van der Waals surface area contributed by atoms with Gasteiger partial charge in [-0.1, -0.05) is 18.2 Å². The maximum absolute atomic E-state index is 12.2. The van der Waals surface area contributed by atoms with Crippen molar-refractivity contribution in [1.29, 1.82) is 0 Å². The number of hydrogen-bond donors (Lipinski definition) is 4. The average molecular weight is 312 g/mol. The monoisotopic (exact) mass is 312 g/mol. The van der Waals surface area contributed by atoms with E-state index in [0.717, 1.165) is 0 Å². The molecular weight excluding hydrogens is 298 g/mol. The number of hydrogen-bond acceptors (Lipinski definition) is 4. The number of carbonyl (C=O) groups excluding carboxylic acids is 1. The van der Waals surface area contributed by atoms with E-state index in [9.17, 15) is 9.59 Å². The van der Waals surface area contributed by atoms with Crippen molar-refractivity contribution in [3.8, 4) is 0 Å². The highest BCUT2D eigenvalue weighted by molar-refractivity contribution is 6.06. The molecule has 6 N–H and O–H groups in total. The molecule has 2 aromatic carbocycles. The maximum Gasteiger partial charge on any atom is 0.335 e. The molecule has 2 aromatic rings. The normalized spacial score (nSPS) is 10.9. The molecule has 23 heavy (non-hydrogen) atoms. The zero-order valence-corrected chi connectivity index (χ0v) is 11.9. The highest BCUT2D eigenvalue weighted by Gasteiger charge is 2.10. The minimum atomic E-state index is -1.07. The topological polar surface area (TPSA) is 143 Å². The van der Waals surface area contributed by atoms with Crippen LogP contribution in [0.4, 0.5) is 5.69 Å². The van der Waals surface area contributed by atoms with Gasteiger partial charge in [0.05, 0.1) is 5.56 Å². The van der Waals surface area contributed by atoms with E-state index in [0.29, 0.717) is 16.8 Å². The van der Waals surface area contributed by atoms with E-state index in [1.54, 1.807) is 36.4 Å². The Hall–Kier alpha value is -3.55. The summed E-state index contributed by atoms with van der Waals surface area (Å²) in [6.45, 7) is 0. The molecule has 8 nitrogen and oxygen atoms in total. The number of amidine groups is 1. The summed E-state index contributed by atoms with van der Waals surface area (Å²) in [5.41, 5.74) is 6.57. The second kappa shape index (κ2) is 6.94. The predicted octanol–water partition coefficient (Wildman–Crippen LogP) is 0.469. The van der Waals surface area contributed by atoms with Gasteiger partial charge >= 0.3 is 5.97 Å². The van der Waals surface area contributed by atoms with Gasteiger partial charge in [-0.15, -0.1) is 0 Å². The average Bonchev–Trinajstić information content (AvgIpc) is 2.56. The van der Waals surface area contributed by atoms with Gasteiger partial charge in [0.25, 0.3) is 5.91 Å². The summed E-state index contributed by atoms with van der Waals surface area (Å²) < 4.78 is 0. The number of carboxylic acids is 1. The first-order chi connectivity index (χ1) is 11.0. The minimum absolute atomic E-state index is 0.0894. The van der Waals surface area contributed by atoms with Crippen LogP contribution in [0, 0.1) is 0 Å². The lowest BCUT2D eigenvalue weighted by molar-refractivity contribution is -0.206. The lowest BCUT2D eigenvalue weighted by atomic mass is 10.1. The molecule has 0 fully saturated rings. The van der Waals surface area contributed by atoms with E-state index in [1.807, 2.05) is 0 Å². The van der Waals surface area contributed by atoms with Crippen molar-refractivity contribution in [2.45, 2.75) is 0 Å². The van der Waals surface area contributed by atoms with Crippen molar-refractivity contribution in [1.82, 2.24) is 0 Å². The Morgan fingerprint density at radius 3 is 2.26 bits per heavy atom. The van der Waals surface area contributed by atoms with Gasteiger partial charge in [-0.2, -0.15) is 10.6 Å². The minimum Gasteiger partial charge on any atom is -0.478 e. The van der Waals surface area contributed by atoms with E-state index < -0.39 is 5.97 Å². The van der Waals surface area contributed by atoms with Gasteiger partial charge in [-0.25, -0.2) is 4.79 Å². The SMILES string of the molecule is NN=C(N=[NH2+])c1ccc(C(=O)Nc2cccc(C(=O)O)c2)cc1. The smallest absolute Gasteiger partial charge is 0.335 e. The Morgan fingerprint density at radius 1 is 1.04 bits per heavy atom. The molecule has 0 atom stereocenters. The number of benzene rings is 2. The van der Waals surface area contributed by atoms with Crippen LogP contribution in [0.25, 0.3) is 0 Å². The summed E-state index contributed by atoms with van der Waals surface area (Å²) >= 11 is 0. The molecule has 0 bridgehead atoms. The molecule has 1 amide bonds. The zero-order valence-electron chi connectivity index (χ0n) is 11.9. The van der Waals surface area contributed by atoms with Crippen LogP contribution < -0.4 is 16.7 Å². The van der Waals surface area contributed by atoms with Crippen LogP contribution >= 0.6 is 0 Å². The summed E-state index contributed by atoms with van der Waals surface area (Å²) in [7, 11) is 0. The fourth-order valence-corrected chi connectivity index (χ4v) is 1.89. The van der Waals surface area contributed by atoms with E-state index in [1.165, 1.54) is 12.1 Å². The quantitative estimate of drug-likeness (QED) is 0.214. The molecule has 0 aliphatic carbocycles. The van der Waals surface area contributed by atoms with Crippen molar-refractivity contribution in [3.05, 3.63) is 65.2 Å². The summed E-state index contributed by atoms with van der Waals surface area (Å²) in [5, 5.41) is 18.4. The Labute approximate surface area is 131 Å². The molecule has 0 unspecified atom stereocenters. The number of hydrazone groups is 1. The van der Waals surface area contributed by atoms with Gasteiger partial charge in [-0.3, -0.25) is 4.79 Å². The lowest BCUT2D eigenvalue weighted by Crippen LogP contribution is -2.27. The number of amides is 1. The second-order valence-corrected chi connectivity index (χ2v) is 4.50. The number of anilines is 1. The van der Waals surface area contributed by atoms with Crippen molar-refractivity contribution >= 4 is 23.4 Å². The zero-order chi connectivity index (χ0) is 16.8. The van der Waals surface area contributed by atoms with Crippen LogP contribution in [0.2, 0.25) is 0 Å². The Bertz CT molecular complexity index is 784. The van der Waals surface area contributed by atoms with Crippen LogP contribution in [0.5, 0.6) is 0 Å². The fraction of sp³-hybridized carbons (Fsp3) is 0. The molecule has 0 saturated heterocycles. The highest BCUT2D eigenvalue weighted by Crippen LogP contribution is 2.13. The van der Waals surface area contributed by atoms with Gasteiger partial charge < -0.3 is 16.3 Å². The summed E-state index contributed by atoms with van der Waals surface area (Å²) in [5.74, 6) is 3.85. The van der Waals surface area contributed by atoms with Crippen molar-refractivity contribution in [3.63, 3.8) is 0 Å². The number of nitrogens with two attached hydrogens (primary N) is 2. The predicted molar refractivity (Wildman–Crippen MR) is 82.9 cm³/mol. The first-order valence-electron chi connectivity index (χ1n) is 6.49. The molecule has 2 rings (SSSR count). The molecule has 0 aliphatic rings. The van der Waals surface area contributed by atoms with Crippen LogP contribution in [-0.4, -0.2) is 22.8 Å². The van der Waals surface area contributed by atoms with Gasteiger partial charge in [0.1, 0.15) is 0 Å². The molecule has 0 spiro atoms. The van der Waals surface area contributed by atoms with Gasteiger partial charge in [0, 0.05) is 21.9 Å². The number of aromatic carboxylic acids is 1. The third kappa shape index (κ3) is 3.76. The largest absolute Gasteiger partial charge is 0.478 e. The summed E-state index contributed by atoms with van der Waals surface area (Å²) in [6, 6.07) is 12.3. The van der Waals surface area contributed by atoms with Crippen LogP contribution in [-0.2, 0) is 0 Å². The number of rotatable bonds is 4. The van der Waals surface area contributed by atoms with E-state index in [2.05, 4.69) is 15.5 Å². The highest BCUT2D eigenvalue weighted by atomic mass is 16.4. The molecule has 116 valence electrons. The standard InChI is InChI=1S/C15H13N5O3/c16-19-13(20-17)9-4-6-10(7-5-9)14(21)18-12-3-1-2-11(8-12)15(22)23/h1-8,16H,17H2,(H,18,21)(H,22,23)/p+1. The fourth-order valence-electron chi connectivity index (χ4n) is 1.89. The maximum atomic E-state index is 12.2. The Balaban J connectivity index is 2.16. The van der Waals surface area contributed by atoms with Gasteiger partial charge in [0.15, 0.2) is 0 Å². The van der Waals surface area contributed by atoms with E-state index in [4.69, 9.17) is 16.5 Å². The summed E-state index contributed by atoms with van der Waals surface area (Å²) in [6.07, 6.45) is 0. The molecular formula is C15H14N5O3+. The molecule has 0 aliphatic heterocycles. The number of nitrogens with one attached hydrogen (secondary N) is 1. The molecule has 0 aromatic heterocycles. The third-order valence-electron chi connectivity index (χ3n) is 3.02. The van der Waals surface area contributed by atoms with Crippen molar-refractivity contribution in [2.75, 3.05) is 5.32 Å². The molecule has 0 saturated carbocycles. The van der Waals surface area contributed by atoms with Gasteiger partial charge in [0.2, 0.25) is 5.84 Å². The Morgan fingerprint density at radius 2 is 1.70 bits per heavy atom. The Kier molecular flexibility index (Phi) is 4.78.